The van der Waals surface area contributed by atoms with Crippen molar-refractivity contribution in [1.29, 1.82) is 0 Å². The highest BCUT2D eigenvalue weighted by atomic mass is 16.6. The summed E-state index contributed by atoms with van der Waals surface area (Å²) in [5.41, 5.74) is 3.45. The van der Waals surface area contributed by atoms with E-state index in [2.05, 4.69) is 35.7 Å². The van der Waals surface area contributed by atoms with E-state index in [0.29, 0.717) is 5.92 Å². The summed E-state index contributed by atoms with van der Waals surface area (Å²) in [6.45, 7) is 6.47. The Morgan fingerprint density at radius 1 is 0.906 bits per heavy atom. The first-order valence-corrected chi connectivity index (χ1v) is 10.3. The molecule has 32 heavy (non-hydrogen) atoms. The number of hydrogen-bond donors (Lipinski definition) is 0. The summed E-state index contributed by atoms with van der Waals surface area (Å²) in [4.78, 5) is 22.8. The van der Waals surface area contributed by atoms with E-state index in [4.69, 9.17) is 0 Å². The second-order valence-corrected chi connectivity index (χ2v) is 7.61. The van der Waals surface area contributed by atoms with Crippen molar-refractivity contribution in [2.24, 2.45) is 0 Å². The van der Waals surface area contributed by atoms with Gasteiger partial charge in [0, 0.05) is 37.4 Å². The zero-order chi connectivity index (χ0) is 22.9. The lowest BCUT2D eigenvalue weighted by atomic mass is 9.98. The maximum absolute atomic E-state index is 10.9. The first kappa shape index (κ1) is 22.8. The molecule has 4 rings (SSSR count). The number of nitro benzene ring substituents is 2. The van der Waals surface area contributed by atoms with Crippen LogP contribution in [0.3, 0.4) is 0 Å². The lowest BCUT2D eigenvalue weighted by Gasteiger charge is -2.16. The van der Waals surface area contributed by atoms with E-state index in [1.807, 2.05) is 12.1 Å². The Morgan fingerprint density at radius 2 is 1.56 bits per heavy atom. The van der Waals surface area contributed by atoms with Crippen molar-refractivity contribution in [3.63, 3.8) is 0 Å². The third-order valence-corrected chi connectivity index (χ3v) is 5.39. The monoisotopic (exact) mass is 431 g/mol. The molecule has 0 radical (unpaired) electrons. The van der Waals surface area contributed by atoms with Crippen LogP contribution in [0, 0.1) is 20.2 Å². The SMILES string of the molecule is C=Cc1cccc([N+](=O)[O-])c1.O=[N+]([O-])c1cccc([C@H]2CCN(Cc3ccccc3)C2)c1. The summed E-state index contributed by atoms with van der Waals surface area (Å²) >= 11 is 0. The normalized spacial score (nSPS) is 15.4. The standard InChI is InChI=1S/C17H18N2O2.C8H7NO2/c20-19(21)17-8-4-7-15(11-17)16-9-10-18(13-16)12-14-5-2-1-3-6-14;1-2-7-4-3-5-8(6-7)9(10)11/h1-8,11,16H,9-10,12-13H2;2-6H,1H2/t16-;/m0./s1. The van der Waals surface area contributed by atoms with Gasteiger partial charge in [0.2, 0.25) is 0 Å². The Bertz CT molecular complexity index is 1090. The molecule has 164 valence electrons. The highest BCUT2D eigenvalue weighted by Gasteiger charge is 2.24. The van der Waals surface area contributed by atoms with Crippen LogP contribution in [-0.4, -0.2) is 27.8 Å². The van der Waals surface area contributed by atoms with Gasteiger partial charge in [-0.1, -0.05) is 67.3 Å². The zero-order valence-corrected chi connectivity index (χ0v) is 17.7. The van der Waals surface area contributed by atoms with E-state index < -0.39 is 4.92 Å². The predicted octanol–water partition coefficient (Wildman–Crippen LogP) is 5.82. The summed E-state index contributed by atoms with van der Waals surface area (Å²) in [5, 5.41) is 21.1. The summed E-state index contributed by atoms with van der Waals surface area (Å²) in [6.07, 6.45) is 2.64. The fraction of sp³-hybridized carbons (Fsp3) is 0.200. The smallest absolute Gasteiger partial charge is 0.270 e. The van der Waals surface area contributed by atoms with Crippen LogP contribution in [0.4, 0.5) is 11.4 Å². The van der Waals surface area contributed by atoms with Crippen molar-refractivity contribution in [2.75, 3.05) is 13.1 Å². The quantitative estimate of drug-likeness (QED) is 0.362. The lowest BCUT2D eigenvalue weighted by Crippen LogP contribution is -2.19. The van der Waals surface area contributed by atoms with Gasteiger partial charge in [0.15, 0.2) is 0 Å². The topological polar surface area (TPSA) is 89.5 Å². The van der Waals surface area contributed by atoms with E-state index >= 15 is 0 Å². The Balaban J connectivity index is 0.000000222. The van der Waals surface area contributed by atoms with Crippen LogP contribution in [0.1, 0.15) is 29.0 Å². The Labute approximate surface area is 186 Å². The van der Waals surface area contributed by atoms with Crippen LogP contribution >= 0.6 is 0 Å². The fourth-order valence-electron chi connectivity index (χ4n) is 3.75. The molecule has 7 nitrogen and oxygen atoms in total. The molecule has 1 fully saturated rings. The van der Waals surface area contributed by atoms with E-state index in [1.54, 1.807) is 36.4 Å². The molecule has 0 aromatic heterocycles. The van der Waals surface area contributed by atoms with Gasteiger partial charge >= 0.3 is 0 Å². The molecule has 0 unspecified atom stereocenters. The molecular formula is C25H25N3O4. The van der Waals surface area contributed by atoms with Gasteiger partial charge in [-0.2, -0.15) is 0 Å². The molecule has 3 aromatic carbocycles. The molecule has 0 spiro atoms. The molecular weight excluding hydrogens is 406 g/mol. The summed E-state index contributed by atoms with van der Waals surface area (Å²) in [6, 6.07) is 23.8. The van der Waals surface area contributed by atoms with Crippen molar-refractivity contribution < 1.29 is 9.85 Å². The number of hydrogen-bond acceptors (Lipinski definition) is 5. The van der Waals surface area contributed by atoms with Crippen molar-refractivity contribution in [3.05, 3.63) is 122 Å². The van der Waals surface area contributed by atoms with Crippen molar-refractivity contribution in [3.8, 4) is 0 Å². The summed E-state index contributed by atoms with van der Waals surface area (Å²) in [7, 11) is 0. The van der Waals surface area contributed by atoms with Crippen LogP contribution in [0.5, 0.6) is 0 Å². The van der Waals surface area contributed by atoms with Gasteiger partial charge in [0.05, 0.1) is 9.85 Å². The number of non-ortho nitro benzene ring substituents is 2. The lowest BCUT2D eigenvalue weighted by molar-refractivity contribution is -0.385. The molecule has 1 aliphatic heterocycles. The third kappa shape index (κ3) is 6.33. The average molecular weight is 431 g/mol. The predicted molar refractivity (Wildman–Crippen MR) is 125 cm³/mol. The molecule has 1 heterocycles. The maximum Gasteiger partial charge on any atom is 0.270 e. The van der Waals surface area contributed by atoms with Gasteiger partial charge in [0.1, 0.15) is 0 Å². The number of rotatable bonds is 6. The van der Waals surface area contributed by atoms with Crippen LogP contribution in [0.2, 0.25) is 0 Å². The molecule has 0 aliphatic carbocycles. The number of likely N-dealkylation sites (tertiary alicyclic amines) is 1. The van der Waals surface area contributed by atoms with E-state index in [9.17, 15) is 20.2 Å². The largest absolute Gasteiger partial charge is 0.298 e. The zero-order valence-electron chi connectivity index (χ0n) is 17.7. The molecule has 0 N–H and O–H groups in total. The van der Waals surface area contributed by atoms with Crippen LogP contribution < -0.4 is 0 Å². The molecule has 1 atom stereocenters. The van der Waals surface area contributed by atoms with Gasteiger partial charge < -0.3 is 0 Å². The summed E-state index contributed by atoms with van der Waals surface area (Å²) in [5.74, 6) is 0.397. The van der Waals surface area contributed by atoms with Gasteiger partial charge in [-0.15, -0.1) is 0 Å². The minimum Gasteiger partial charge on any atom is -0.298 e. The van der Waals surface area contributed by atoms with E-state index in [1.165, 1.54) is 17.7 Å². The highest BCUT2D eigenvalue weighted by Crippen LogP contribution is 2.30. The average Bonchev–Trinajstić information content (AvgIpc) is 3.29. The van der Waals surface area contributed by atoms with Crippen molar-refractivity contribution in [1.82, 2.24) is 4.90 Å². The van der Waals surface area contributed by atoms with Gasteiger partial charge in [-0.3, -0.25) is 25.1 Å². The second-order valence-electron chi connectivity index (χ2n) is 7.61. The molecule has 1 aliphatic rings. The molecule has 0 bridgehead atoms. The van der Waals surface area contributed by atoms with E-state index in [0.717, 1.165) is 37.2 Å². The van der Waals surface area contributed by atoms with Crippen molar-refractivity contribution >= 4 is 17.5 Å². The summed E-state index contributed by atoms with van der Waals surface area (Å²) < 4.78 is 0. The van der Waals surface area contributed by atoms with E-state index in [-0.39, 0.29) is 16.3 Å². The van der Waals surface area contributed by atoms with Gasteiger partial charge in [-0.05, 0) is 35.6 Å². The fourth-order valence-corrected chi connectivity index (χ4v) is 3.75. The number of nitro groups is 2. The minimum absolute atomic E-state index is 0.0994. The molecule has 7 heteroatoms. The van der Waals surface area contributed by atoms with Crippen LogP contribution in [0.15, 0.2) is 85.4 Å². The second kappa shape index (κ2) is 11.0. The minimum atomic E-state index is -0.424. The number of benzene rings is 3. The molecule has 0 saturated carbocycles. The molecule has 0 amide bonds. The molecule has 1 saturated heterocycles. The van der Waals surface area contributed by atoms with Crippen molar-refractivity contribution in [2.45, 2.75) is 18.9 Å². The Morgan fingerprint density at radius 3 is 2.22 bits per heavy atom. The van der Waals surface area contributed by atoms with Crippen LogP contribution in [-0.2, 0) is 6.54 Å². The molecule has 3 aromatic rings. The Kier molecular flexibility index (Phi) is 7.83. The third-order valence-electron chi connectivity index (χ3n) is 5.39. The maximum atomic E-state index is 10.9. The highest BCUT2D eigenvalue weighted by molar-refractivity contribution is 5.51. The first-order valence-electron chi connectivity index (χ1n) is 10.3. The van der Waals surface area contributed by atoms with Crippen LogP contribution in [0.25, 0.3) is 6.08 Å². The number of nitrogens with zero attached hydrogens (tertiary/aromatic N) is 3. The van der Waals surface area contributed by atoms with Gasteiger partial charge in [0.25, 0.3) is 11.4 Å². The van der Waals surface area contributed by atoms with Gasteiger partial charge in [-0.25, -0.2) is 0 Å². The Hall–Kier alpha value is -3.84. The first-order chi connectivity index (χ1) is 15.5.